The molecule has 1 aromatic carbocycles. The number of aryl methyl sites for hydroxylation is 1. The van der Waals surface area contributed by atoms with E-state index in [-0.39, 0.29) is 5.75 Å². The van der Waals surface area contributed by atoms with Crippen molar-refractivity contribution in [1.82, 2.24) is 14.8 Å². The number of rotatable bonds is 2. The van der Waals surface area contributed by atoms with Gasteiger partial charge in [-0.2, -0.15) is 5.10 Å². The largest absolute Gasteiger partial charge is 0.506 e. The number of para-hydroxylation sites is 1. The Kier molecular flexibility index (Phi) is 2.34. The second-order valence-electron chi connectivity index (χ2n) is 4.29. The number of hydrogen-bond acceptors (Lipinski definition) is 3. The maximum absolute atomic E-state index is 9.89. The van der Waals surface area contributed by atoms with Gasteiger partial charge in [0.15, 0.2) is 0 Å². The van der Waals surface area contributed by atoms with Crippen molar-refractivity contribution in [3.8, 4) is 17.1 Å². The summed E-state index contributed by atoms with van der Waals surface area (Å²) in [5.41, 5.74) is 9.03. The van der Waals surface area contributed by atoms with Gasteiger partial charge in [-0.3, -0.25) is 5.10 Å². The molecule has 0 aliphatic rings. The molecule has 0 amide bonds. The van der Waals surface area contributed by atoms with Crippen molar-refractivity contribution < 1.29 is 5.11 Å². The molecule has 2 aromatic heterocycles. The molecule has 4 N–H and O–H groups in total. The molecule has 0 fully saturated rings. The van der Waals surface area contributed by atoms with Crippen molar-refractivity contribution in [2.75, 3.05) is 0 Å². The van der Waals surface area contributed by atoms with Gasteiger partial charge in [0, 0.05) is 24.7 Å². The quantitative estimate of drug-likeness (QED) is 0.640. The van der Waals surface area contributed by atoms with E-state index in [2.05, 4.69) is 10.2 Å². The number of phenolic OH excluding ortho intramolecular Hbond substituents is 1. The molecule has 0 aliphatic heterocycles. The van der Waals surface area contributed by atoms with Crippen LogP contribution in [0.15, 0.2) is 30.3 Å². The monoisotopic (exact) mass is 242 g/mol. The average molecular weight is 242 g/mol. The number of phenols is 1. The lowest BCUT2D eigenvalue weighted by Gasteiger charge is -2.02. The molecule has 5 heteroatoms. The average Bonchev–Trinajstić information content (AvgIpc) is 2.94. The molecule has 0 unspecified atom stereocenters. The van der Waals surface area contributed by atoms with Crippen molar-refractivity contribution in [2.45, 2.75) is 6.54 Å². The second-order valence-corrected chi connectivity index (χ2v) is 4.29. The standard InChI is InChI=1S/C13H14N4O/c1-17-11(10-6-9(7-14)15-16-10)5-8-3-2-4-12(18)13(8)17/h2-6,18H,7,14H2,1H3,(H,15,16). The molecule has 0 spiro atoms. The SMILES string of the molecule is Cn1c(-c2cc(CN)[nH]n2)cc2cccc(O)c21. The zero-order valence-electron chi connectivity index (χ0n) is 10.0. The maximum atomic E-state index is 9.89. The number of aromatic hydroxyl groups is 1. The lowest BCUT2D eigenvalue weighted by Crippen LogP contribution is -1.95. The Balaban J connectivity index is 2.23. The van der Waals surface area contributed by atoms with Gasteiger partial charge in [-0.05, 0) is 18.2 Å². The van der Waals surface area contributed by atoms with Gasteiger partial charge in [-0.1, -0.05) is 12.1 Å². The number of nitrogens with one attached hydrogen (secondary N) is 1. The first kappa shape index (κ1) is 10.9. The third-order valence-corrected chi connectivity index (χ3v) is 3.15. The van der Waals surface area contributed by atoms with Gasteiger partial charge >= 0.3 is 0 Å². The van der Waals surface area contributed by atoms with Crippen LogP contribution in [0.1, 0.15) is 5.69 Å². The molecule has 3 rings (SSSR count). The Morgan fingerprint density at radius 1 is 1.39 bits per heavy atom. The van der Waals surface area contributed by atoms with Gasteiger partial charge < -0.3 is 15.4 Å². The van der Waals surface area contributed by atoms with Crippen LogP contribution in [0.3, 0.4) is 0 Å². The zero-order chi connectivity index (χ0) is 12.7. The van der Waals surface area contributed by atoms with Crippen LogP contribution in [0.5, 0.6) is 5.75 Å². The number of hydrogen-bond donors (Lipinski definition) is 3. The molecular weight excluding hydrogens is 228 g/mol. The highest BCUT2D eigenvalue weighted by molar-refractivity contribution is 5.90. The van der Waals surface area contributed by atoms with Gasteiger partial charge in [-0.15, -0.1) is 0 Å². The van der Waals surface area contributed by atoms with Gasteiger partial charge in [0.2, 0.25) is 0 Å². The fraction of sp³-hybridized carbons (Fsp3) is 0.154. The topological polar surface area (TPSA) is 79.9 Å². The highest BCUT2D eigenvalue weighted by atomic mass is 16.3. The summed E-state index contributed by atoms with van der Waals surface area (Å²) < 4.78 is 1.93. The Bertz CT molecular complexity index is 711. The normalized spacial score (nSPS) is 11.2. The Morgan fingerprint density at radius 2 is 2.22 bits per heavy atom. The second kappa shape index (κ2) is 3.89. The molecule has 18 heavy (non-hydrogen) atoms. The van der Waals surface area contributed by atoms with E-state index in [9.17, 15) is 5.11 Å². The minimum Gasteiger partial charge on any atom is -0.506 e. The van der Waals surface area contributed by atoms with Crippen LogP contribution < -0.4 is 5.73 Å². The van der Waals surface area contributed by atoms with Gasteiger partial charge in [0.05, 0.1) is 11.2 Å². The molecular formula is C13H14N4O. The third kappa shape index (κ3) is 1.48. The predicted molar refractivity (Wildman–Crippen MR) is 70.1 cm³/mol. The first-order valence-corrected chi connectivity index (χ1v) is 5.73. The zero-order valence-corrected chi connectivity index (χ0v) is 10.0. The highest BCUT2D eigenvalue weighted by Crippen LogP contribution is 2.31. The minimum atomic E-state index is 0.274. The van der Waals surface area contributed by atoms with Crippen LogP contribution in [0, 0.1) is 0 Å². The fourth-order valence-electron chi connectivity index (χ4n) is 2.24. The molecule has 0 atom stereocenters. The van der Waals surface area contributed by atoms with E-state index in [0.29, 0.717) is 6.54 Å². The van der Waals surface area contributed by atoms with Crippen LogP contribution in [-0.2, 0) is 13.6 Å². The minimum absolute atomic E-state index is 0.274. The number of nitrogens with zero attached hydrogens (tertiary/aromatic N) is 2. The highest BCUT2D eigenvalue weighted by Gasteiger charge is 2.12. The number of fused-ring (bicyclic) bond motifs is 1. The summed E-state index contributed by atoms with van der Waals surface area (Å²) in [7, 11) is 1.91. The molecule has 5 nitrogen and oxygen atoms in total. The molecule has 0 bridgehead atoms. The van der Waals surface area contributed by atoms with E-state index in [1.165, 1.54) is 0 Å². The van der Waals surface area contributed by atoms with Gasteiger partial charge in [-0.25, -0.2) is 0 Å². The maximum Gasteiger partial charge on any atom is 0.139 e. The number of aromatic amines is 1. The van der Waals surface area contributed by atoms with Crippen molar-refractivity contribution in [2.24, 2.45) is 12.8 Å². The Morgan fingerprint density at radius 3 is 2.89 bits per heavy atom. The summed E-state index contributed by atoms with van der Waals surface area (Å²) in [4.78, 5) is 0. The van der Waals surface area contributed by atoms with E-state index in [0.717, 1.165) is 28.0 Å². The molecule has 0 aliphatic carbocycles. The molecule has 0 radical (unpaired) electrons. The van der Waals surface area contributed by atoms with Crippen molar-refractivity contribution in [1.29, 1.82) is 0 Å². The molecule has 3 aromatic rings. The fourth-order valence-corrected chi connectivity index (χ4v) is 2.24. The summed E-state index contributed by atoms with van der Waals surface area (Å²) in [6, 6.07) is 9.41. The summed E-state index contributed by atoms with van der Waals surface area (Å²) in [6.07, 6.45) is 0. The Hall–Kier alpha value is -2.27. The van der Waals surface area contributed by atoms with Gasteiger partial charge in [0.1, 0.15) is 11.4 Å². The first-order valence-electron chi connectivity index (χ1n) is 5.73. The predicted octanol–water partition coefficient (Wildman–Crippen LogP) is 1.73. The van der Waals surface area contributed by atoms with E-state index < -0.39 is 0 Å². The summed E-state index contributed by atoms with van der Waals surface area (Å²) >= 11 is 0. The van der Waals surface area contributed by atoms with Crippen molar-refractivity contribution >= 4 is 10.9 Å². The smallest absolute Gasteiger partial charge is 0.139 e. The molecule has 92 valence electrons. The van der Waals surface area contributed by atoms with E-state index >= 15 is 0 Å². The van der Waals surface area contributed by atoms with Crippen LogP contribution in [0.25, 0.3) is 22.3 Å². The number of nitrogens with two attached hydrogens (primary N) is 1. The number of H-pyrrole nitrogens is 1. The van der Waals surface area contributed by atoms with E-state index in [1.54, 1.807) is 6.07 Å². The van der Waals surface area contributed by atoms with Crippen LogP contribution in [0.2, 0.25) is 0 Å². The third-order valence-electron chi connectivity index (χ3n) is 3.15. The van der Waals surface area contributed by atoms with Crippen molar-refractivity contribution in [3.05, 3.63) is 36.0 Å². The molecule has 2 heterocycles. The number of benzene rings is 1. The summed E-state index contributed by atoms with van der Waals surface area (Å²) in [6.45, 7) is 0.433. The van der Waals surface area contributed by atoms with Crippen molar-refractivity contribution in [3.63, 3.8) is 0 Å². The van der Waals surface area contributed by atoms with Gasteiger partial charge in [0.25, 0.3) is 0 Å². The molecule has 0 saturated carbocycles. The van der Waals surface area contributed by atoms with E-state index in [4.69, 9.17) is 5.73 Å². The lowest BCUT2D eigenvalue weighted by atomic mass is 10.2. The van der Waals surface area contributed by atoms with E-state index in [1.807, 2.05) is 35.9 Å². The number of aromatic nitrogens is 3. The summed E-state index contributed by atoms with van der Waals surface area (Å²) in [5, 5.41) is 18.0. The first-order chi connectivity index (χ1) is 8.70. The Labute approximate surface area is 104 Å². The van der Waals surface area contributed by atoms with Crippen LogP contribution in [-0.4, -0.2) is 19.9 Å². The van der Waals surface area contributed by atoms with Crippen LogP contribution >= 0.6 is 0 Å². The lowest BCUT2D eigenvalue weighted by molar-refractivity contribution is 0.479. The molecule has 0 saturated heterocycles. The summed E-state index contributed by atoms with van der Waals surface area (Å²) in [5.74, 6) is 0.274. The van der Waals surface area contributed by atoms with Crippen LogP contribution in [0.4, 0.5) is 0 Å².